The number of ether oxygens (including phenoxy) is 1. The van der Waals surface area contributed by atoms with Crippen LogP contribution in [0.5, 0.6) is 5.75 Å². The molecule has 2 amide bonds. The lowest BCUT2D eigenvalue weighted by Crippen LogP contribution is -2.40. The van der Waals surface area contributed by atoms with Gasteiger partial charge in [-0.15, -0.1) is 0 Å². The van der Waals surface area contributed by atoms with E-state index in [1.165, 1.54) is 0 Å². The van der Waals surface area contributed by atoms with Gasteiger partial charge in [0.15, 0.2) is 0 Å². The van der Waals surface area contributed by atoms with Gasteiger partial charge in [0.1, 0.15) is 11.2 Å². The number of aryl methyl sites for hydroxylation is 1. The Hall–Kier alpha value is -2.82. The van der Waals surface area contributed by atoms with Gasteiger partial charge in [-0.2, -0.15) is 0 Å². The minimum atomic E-state index is -0.926. The number of benzene rings is 2. The predicted molar refractivity (Wildman–Crippen MR) is 106 cm³/mol. The van der Waals surface area contributed by atoms with Crippen LogP contribution in [0.15, 0.2) is 42.5 Å². The van der Waals surface area contributed by atoms with Crippen LogP contribution < -0.4 is 15.4 Å². The Morgan fingerprint density at radius 1 is 1.07 bits per heavy atom. The minimum absolute atomic E-state index is 0.187. The quantitative estimate of drug-likeness (QED) is 0.738. The summed E-state index contributed by atoms with van der Waals surface area (Å²) in [5.41, 5.74) is 3.07. The van der Waals surface area contributed by atoms with Gasteiger partial charge in [0, 0.05) is 12.2 Å². The van der Waals surface area contributed by atoms with Crippen LogP contribution in [0.2, 0.25) is 0 Å². The molecule has 1 aliphatic carbocycles. The van der Waals surface area contributed by atoms with Crippen molar-refractivity contribution in [3.8, 4) is 5.75 Å². The zero-order valence-corrected chi connectivity index (χ0v) is 16.1. The summed E-state index contributed by atoms with van der Waals surface area (Å²) in [6, 6.07) is 13.5. The summed E-state index contributed by atoms with van der Waals surface area (Å²) in [6.07, 6.45) is 1.88. The number of nitrogens with one attached hydrogen (secondary N) is 2. The van der Waals surface area contributed by atoms with Crippen molar-refractivity contribution in [2.45, 2.75) is 33.1 Å². The molecule has 3 rings (SSSR count). The van der Waals surface area contributed by atoms with E-state index < -0.39 is 5.41 Å². The Balaban J connectivity index is 1.57. The maximum absolute atomic E-state index is 12.7. The van der Waals surface area contributed by atoms with Crippen LogP contribution in [0.3, 0.4) is 0 Å². The standard InChI is InChI=1S/C22H26N2O3/c1-15-6-4-9-19(16(15)2)24-21(26)22(11-12-22)20(25)23-13-10-17-7-5-8-18(14-17)27-3/h4-9,14H,10-13H2,1-3H3,(H,23,25)(H,24,26). The third-order valence-electron chi connectivity index (χ3n) is 5.31. The maximum atomic E-state index is 12.7. The van der Waals surface area contributed by atoms with Crippen LogP contribution in [0.1, 0.15) is 29.5 Å². The lowest BCUT2D eigenvalue weighted by atomic mass is 10.0. The molecule has 0 aromatic heterocycles. The first-order valence-corrected chi connectivity index (χ1v) is 9.25. The molecule has 5 nitrogen and oxygen atoms in total. The van der Waals surface area contributed by atoms with Crippen molar-refractivity contribution in [2.24, 2.45) is 5.41 Å². The van der Waals surface area contributed by atoms with Crippen molar-refractivity contribution in [3.63, 3.8) is 0 Å². The van der Waals surface area contributed by atoms with E-state index in [9.17, 15) is 9.59 Å². The minimum Gasteiger partial charge on any atom is -0.497 e. The van der Waals surface area contributed by atoms with Crippen molar-refractivity contribution in [1.82, 2.24) is 5.32 Å². The van der Waals surface area contributed by atoms with Crippen LogP contribution in [0.25, 0.3) is 0 Å². The highest BCUT2D eigenvalue weighted by atomic mass is 16.5. The summed E-state index contributed by atoms with van der Waals surface area (Å²) in [7, 11) is 1.63. The molecule has 5 heteroatoms. The van der Waals surface area contributed by atoms with Crippen molar-refractivity contribution >= 4 is 17.5 Å². The highest BCUT2D eigenvalue weighted by Crippen LogP contribution is 2.47. The molecule has 1 fully saturated rings. The van der Waals surface area contributed by atoms with Crippen LogP contribution >= 0.6 is 0 Å². The number of hydrogen-bond donors (Lipinski definition) is 2. The van der Waals surface area contributed by atoms with Gasteiger partial charge < -0.3 is 15.4 Å². The third-order valence-corrected chi connectivity index (χ3v) is 5.31. The van der Waals surface area contributed by atoms with Crippen LogP contribution in [-0.4, -0.2) is 25.5 Å². The average molecular weight is 366 g/mol. The molecule has 0 aliphatic heterocycles. The Morgan fingerprint density at radius 2 is 1.81 bits per heavy atom. The van der Waals surface area contributed by atoms with Gasteiger partial charge in [0.05, 0.1) is 7.11 Å². The van der Waals surface area contributed by atoms with E-state index in [2.05, 4.69) is 10.6 Å². The first-order chi connectivity index (χ1) is 13.0. The number of methoxy groups -OCH3 is 1. The lowest BCUT2D eigenvalue weighted by Gasteiger charge is -2.17. The van der Waals surface area contributed by atoms with E-state index in [1.54, 1.807) is 7.11 Å². The molecule has 1 aliphatic rings. The zero-order chi connectivity index (χ0) is 19.4. The van der Waals surface area contributed by atoms with Gasteiger partial charge >= 0.3 is 0 Å². The molecule has 0 radical (unpaired) electrons. The molecular weight excluding hydrogens is 340 g/mol. The van der Waals surface area contributed by atoms with Gasteiger partial charge in [-0.25, -0.2) is 0 Å². The predicted octanol–water partition coefficient (Wildman–Crippen LogP) is 3.39. The van der Waals surface area contributed by atoms with E-state index in [0.29, 0.717) is 25.8 Å². The second-order valence-electron chi connectivity index (χ2n) is 7.14. The molecule has 27 heavy (non-hydrogen) atoms. The fourth-order valence-corrected chi connectivity index (χ4v) is 3.13. The van der Waals surface area contributed by atoms with Gasteiger partial charge in [0.25, 0.3) is 0 Å². The Bertz CT molecular complexity index is 856. The summed E-state index contributed by atoms with van der Waals surface area (Å²) in [6.45, 7) is 4.46. The van der Waals surface area contributed by atoms with Crippen LogP contribution in [-0.2, 0) is 16.0 Å². The molecule has 2 N–H and O–H groups in total. The summed E-state index contributed by atoms with van der Waals surface area (Å²) >= 11 is 0. The molecule has 0 heterocycles. The van der Waals surface area contributed by atoms with Gasteiger partial charge in [-0.1, -0.05) is 24.3 Å². The number of rotatable bonds is 7. The molecule has 0 spiro atoms. The van der Waals surface area contributed by atoms with Gasteiger partial charge in [0.2, 0.25) is 11.8 Å². The maximum Gasteiger partial charge on any atom is 0.240 e. The fourth-order valence-electron chi connectivity index (χ4n) is 3.13. The zero-order valence-electron chi connectivity index (χ0n) is 16.1. The van der Waals surface area contributed by atoms with Crippen molar-refractivity contribution in [3.05, 3.63) is 59.2 Å². The molecule has 0 bridgehead atoms. The Kier molecular flexibility index (Phi) is 5.49. The van der Waals surface area contributed by atoms with E-state index in [1.807, 2.05) is 56.3 Å². The summed E-state index contributed by atoms with van der Waals surface area (Å²) < 4.78 is 5.21. The van der Waals surface area contributed by atoms with E-state index in [-0.39, 0.29) is 11.8 Å². The van der Waals surface area contributed by atoms with E-state index >= 15 is 0 Å². The summed E-state index contributed by atoms with van der Waals surface area (Å²) in [5.74, 6) is 0.397. The van der Waals surface area contributed by atoms with Gasteiger partial charge in [-0.3, -0.25) is 9.59 Å². The second kappa shape index (κ2) is 7.82. The van der Waals surface area contributed by atoms with Gasteiger partial charge in [-0.05, 0) is 68.0 Å². The first-order valence-electron chi connectivity index (χ1n) is 9.25. The average Bonchev–Trinajstić information content (AvgIpc) is 3.48. The molecule has 2 aromatic carbocycles. The number of amides is 2. The summed E-state index contributed by atoms with van der Waals surface area (Å²) in [4.78, 5) is 25.4. The highest BCUT2D eigenvalue weighted by Gasteiger charge is 2.56. The second-order valence-corrected chi connectivity index (χ2v) is 7.14. The molecule has 1 saturated carbocycles. The number of hydrogen-bond acceptors (Lipinski definition) is 3. The van der Waals surface area contributed by atoms with Crippen LogP contribution in [0, 0.1) is 19.3 Å². The first kappa shape index (κ1) is 19.0. The van der Waals surface area contributed by atoms with Crippen LogP contribution in [0.4, 0.5) is 5.69 Å². The summed E-state index contributed by atoms with van der Waals surface area (Å²) in [5, 5.41) is 5.87. The van der Waals surface area contributed by atoms with E-state index in [4.69, 9.17) is 4.74 Å². The molecule has 0 atom stereocenters. The molecular formula is C22H26N2O3. The molecule has 142 valence electrons. The SMILES string of the molecule is COc1cccc(CCNC(=O)C2(C(=O)Nc3cccc(C)c3C)CC2)c1. The largest absolute Gasteiger partial charge is 0.497 e. The fraction of sp³-hybridized carbons (Fsp3) is 0.364. The van der Waals surface area contributed by atoms with Crippen molar-refractivity contribution in [1.29, 1.82) is 0 Å². The monoisotopic (exact) mass is 366 g/mol. The van der Waals surface area contributed by atoms with E-state index in [0.717, 1.165) is 28.1 Å². The topological polar surface area (TPSA) is 67.4 Å². The van der Waals surface area contributed by atoms with Crippen molar-refractivity contribution < 1.29 is 14.3 Å². The Morgan fingerprint density at radius 3 is 2.52 bits per heavy atom. The number of carbonyl (C=O) groups excluding carboxylic acids is 2. The highest BCUT2D eigenvalue weighted by molar-refractivity contribution is 6.13. The number of carbonyl (C=O) groups is 2. The lowest BCUT2D eigenvalue weighted by molar-refractivity contribution is -0.134. The number of anilines is 1. The van der Waals surface area contributed by atoms with Crippen molar-refractivity contribution in [2.75, 3.05) is 19.0 Å². The normalized spacial score (nSPS) is 14.3. The molecule has 0 unspecified atom stereocenters. The smallest absolute Gasteiger partial charge is 0.240 e. The third kappa shape index (κ3) is 4.13. The molecule has 0 saturated heterocycles. The molecule has 2 aromatic rings. The Labute approximate surface area is 160 Å².